The van der Waals surface area contributed by atoms with E-state index in [4.69, 9.17) is 11.1 Å². The van der Waals surface area contributed by atoms with Crippen molar-refractivity contribution < 1.29 is 0 Å². The van der Waals surface area contributed by atoms with Gasteiger partial charge in [0.15, 0.2) is 5.96 Å². The Balaban J connectivity index is 2.11. The van der Waals surface area contributed by atoms with Crippen LogP contribution in [0.5, 0.6) is 0 Å². The quantitative estimate of drug-likeness (QED) is 0.589. The van der Waals surface area contributed by atoms with Gasteiger partial charge >= 0.3 is 0 Å². The zero-order valence-electron chi connectivity index (χ0n) is 17.1. The van der Waals surface area contributed by atoms with E-state index in [1.165, 1.54) is 22.3 Å². The zero-order chi connectivity index (χ0) is 19.5. The van der Waals surface area contributed by atoms with E-state index in [-0.39, 0.29) is 16.8 Å². The molecule has 0 amide bonds. The van der Waals surface area contributed by atoms with E-state index in [2.05, 4.69) is 90.1 Å². The first-order chi connectivity index (χ1) is 12.0. The van der Waals surface area contributed by atoms with Crippen LogP contribution in [0, 0.1) is 5.41 Å². The summed E-state index contributed by atoms with van der Waals surface area (Å²) in [5, 5.41) is 7.94. The Hall–Kier alpha value is -2.29. The van der Waals surface area contributed by atoms with Gasteiger partial charge in [-0.15, -0.1) is 0 Å². The van der Waals surface area contributed by atoms with Gasteiger partial charge in [-0.3, -0.25) is 5.41 Å². The first kappa shape index (κ1) is 20.0. The van der Waals surface area contributed by atoms with Crippen molar-refractivity contribution in [2.24, 2.45) is 5.73 Å². The molecule has 0 unspecified atom stereocenters. The molecule has 2 aromatic rings. The fraction of sp³-hybridized carbons (Fsp3) is 0.435. The predicted molar refractivity (Wildman–Crippen MR) is 111 cm³/mol. The number of nitrogens with two attached hydrogens (primary N) is 1. The van der Waals surface area contributed by atoms with Gasteiger partial charge in [-0.05, 0) is 33.1 Å². The predicted octanol–water partition coefficient (Wildman–Crippen LogP) is 5.18. The fourth-order valence-electron chi connectivity index (χ4n) is 2.89. The molecule has 0 aliphatic carbocycles. The van der Waals surface area contributed by atoms with Crippen molar-refractivity contribution in [2.75, 3.05) is 0 Å². The standard InChI is InChI=1S/C23H33N3/c1-22(2,3)19-11-7-17(8-12-19)15-26(21(24)25)16-18-9-13-20(14-10-18)23(4,5)6/h7-14H,15-16H2,1-6H3,(H3,24,25). The molecule has 3 heteroatoms. The number of benzene rings is 2. The summed E-state index contributed by atoms with van der Waals surface area (Å²) in [6.45, 7) is 14.6. The molecule has 0 heterocycles. The SMILES string of the molecule is CC(C)(C)c1ccc(CN(Cc2ccc(C(C)(C)C)cc2)C(=N)N)cc1. The van der Waals surface area contributed by atoms with Crippen LogP contribution in [0.2, 0.25) is 0 Å². The highest BCUT2D eigenvalue weighted by molar-refractivity contribution is 5.74. The van der Waals surface area contributed by atoms with Crippen molar-refractivity contribution in [3.8, 4) is 0 Å². The second kappa shape index (κ2) is 7.53. The van der Waals surface area contributed by atoms with Gasteiger partial charge in [-0.2, -0.15) is 0 Å². The summed E-state index contributed by atoms with van der Waals surface area (Å²) in [4.78, 5) is 1.90. The van der Waals surface area contributed by atoms with E-state index < -0.39 is 0 Å². The summed E-state index contributed by atoms with van der Waals surface area (Å²) in [5.41, 5.74) is 11.1. The molecule has 0 atom stereocenters. The Morgan fingerprint density at radius 1 is 0.731 bits per heavy atom. The maximum Gasteiger partial charge on any atom is 0.188 e. The van der Waals surface area contributed by atoms with Crippen LogP contribution in [-0.4, -0.2) is 10.9 Å². The molecule has 0 bridgehead atoms. The minimum atomic E-state index is 0.102. The summed E-state index contributed by atoms with van der Waals surface area (Å²) in [6.07, 6.45) is 0. The van der Waals surface area contributed by atoms with E-state index in [0.29, 0.717) is 13.1 Å². The van der Waals surface area contributed by atoms with Crippen molar-refractivity contribution >= 4 is 5.96 Å². The van der Waals surface area contributed by atoms with Crippen LogP contribution in [-0.2, 0) is 23.9 Å². The average Bonchev–Trinajstić information content (AvgIpc) is 2.53. The van der Waals surface area contributed by atoms with E-state index >= 15 is 0 Å². The highest BCUT2D eigenvalue weighted by Gasteiger charge is 2.15. The number of nitrogens with zero attached hydrogens (tertiary/aromatic N) is 1. The van der Waals surface area contributed by atoms with Crippen LogP contribution < -0.4 is 5.73 Å². The lowest BCUT2D eigenvalue weighted by atomic mass is 9.86. The second-order valence-corrected chi connectivity index (χ2v) is 9.14. The maximum atomic E-state index is 7.94. The first-order valence-electron chi connectivity index (χ1n) is 9.24. The number of rotatable bonds is 4. The van der Waals surface area contributed by atoms with Gasteiger partial charge in [0, 0.05) is 13.1 Å². The topological polar surface area (TPSA) is 53.1 Å². The Bertz CT molecular complexity index is 670. The van der Waals surface area contributed by atoms with Crippen LogP contribution in [0.4, 0.5) is 0 Å². The maximum absolute atomic E-state index is 7.94. The molecule has 0 aliphatic rings. The first-order valence-corrected chi connectivity index (χ1v) is 9.24. The summed E-state index contributed by atoms with van der Waals surface area (Å²) in [7, 11) is 0. The van der Waals surface area contributed by atoms with Gasteiger partial charge in [-0.25, -0.2) is 0 Å². The molecule has 2 rings (SSSR count). The van der Waals surface area contributed by atoms with E-state index in [1.54, 1.807) is 0 Å². The van der Waals surface area contributed by atoms with Gasteiger partial charge in [-0.1, -0.05) is 90.1 Å². The minimum Gasteiger partial charge on any atom is -0.370 e. The van der Waals surface area contributed by atoms with Crippen molar-refractivity contribution in [1.29, 1.82) is 5.41 Å². The summed E-state index contributed by atoms with van der Waals surface area (Å²) >= 11 is 0. The molecule has 2 aromatic carbocycles. The molecular formula is C23H33N3. The van der Waals surface area contributed by atoms with Crippen LogP contribution in [0.3, 0.4) is 0 Å². The molecule has 140 valence electrons. The van der Waals surface area contributed by atoms with Crippen molar-refractivity contribution in [3.05, 3.63) is 70.8 Å². The highest BCUT2D eigenvalue weighted by Crippen LogP contribution is 2.24. The van der Waals surface area contributed by atoms with E-state index in [1.807, 2.05) is 4.90 Å². The summed E-state index contributed by atoms with van der Waals surface area (Å²) in [5.74, 6) is 0.102. The number of hydrogen-bond acceptors (Lipinski definition) is 1. The lowest BCUT2D eigenvalue weighted by Crippen LogP contribution is -2.35. The molecule has 26 heavy (non-hydrogen) atoms. The average molecular weight is 352 g/mol. The van der Waals surface area contributed by atoms with Gasteiger partial charge in [0.05, 0.1) is 0 Å². The number of hydrogen-bond donors (Lipinski definition) is 2. The van der Waals surface area contributed by atoms with Gasteiger partial charge in [0.1, 0.15) is 0 Å². The molecule has 0 spiro atoms. The molecule has 0 saturated heterocycles. The van der Waals surface area contributed by atoms with Crippen molar-refractivity contribution in [1.82, 2.24) is 4.90 Å². The lowest BCUT2D eigenvalue weighted by molar-refractivity contribution is 0.398. The van der Waals surface area contributed by atoms with Crippen LogP contribution in [0.25, 0.3) is 0 Å². The third-order valence-electron chi connectivity index (χ3n) is 4.73. The molecular weight excluding hydrogens is 318 g/mol. The smallest absolute Gasteiger partial charge is 0.188 e. The Morgan fingerprint density at radius 2 is 1.04 bits per heavy atom. The molecule has 0 fully saturated rings. The molecule has 0 saturated carbocycles. The number of nitrogens with one attached hydrogen (secondary N) is 1. The highest BCUT2D eigenvalue weighted by atomic mass is 15.2. The minimum absolute atomic E-state index is 0.102. The van der Waals surface area contributed by atoms with Gasteiger partial charge in [0.2, 0.25) is 0 Å². The number of guanidine groups is 1. The molecule has 3 nitrogen and oxygen atoms in total. The molecule has 0 aliphatic heterocycles. The molecule has 0 aromatic heterocycles. The third-order valence-corrected chi connectivity index (χ3v) is 4.73. The van der Waals surface area contributed by atoms with Gasteiger partial charge in [0.25, 0.3) is 0 Å². The second-order valence-electron chi connectivity index (χ2n) is 9.14. The van der Waals surface area contributed by atoms with Crippen molar-refractivity contribution in [3.63, 3.8) is 0 Å². The van der Waals surface area contributed by atoms with Crippen molar-refractivity contribution in [2.45, 2.75) is 65.5 Å². The molecule has 0 radical (unpaired) electrons. The van der Waals surface area contributed by atoms with Gasteiger partial charge < -0.3 is 10.6 Å². The zero-order valence-corrected chi connectivity index (χ0v) is 17.1. The van der Waals surface area contributed by atoms with Crippen LogP contribution in [0.1, 0.15) is 63.8 Å². The Morgan fingerprint density at radius 3 is 1.27 bits per heavy atom. The monoisotopic (exact) mass is 351 g/mol. The van der Waals surface area contributed by atoms with Crippen LogP contribution >= 0.6 is 0 Å². The Labute approximate surface area is 158 Å². The fourth-order valence-corrected chi connectivity index (χ4v) is 2.89. The normalized spacial score (nSPS) is 12.1. The van der Waals surface area contributed by atoms with Crippen LogP contribution in [0.15, 0.2) is 48.5 Å². The van der Waals surface area contributed by atoms with E-state index in [9.17, 15) is 0 Å². The third kappa shape index (κ3) is 5.35. The largest absolute Gasteiger partial charge is 0.370 e. The molecule has 3 N–H and O–H groups in total. The summed E-state index contributed by atoms with van der Waals surface area (Å²) < 4.78 is 0. The Kier molecular flexibility index (Phi) is 5.80. The summed E-state index contributed by atoms with van der Waals surface area (Å²) in [6, 6.07) is 17.2. The lowest BCUT2D eigenvalue weighted by Gasteiger charge is -2.25. The van der Waals surface area contributed by atoms with E-state index in [0.717, 1.165) is 0 Å².